The number of rotatable bonds is 7. The Morgan fingerprint density at radius 1 is 1.56 bits per heavy atom. The first-order chi connectivity index (χ1) is 8.63. The van der Waals surface area contributed by atoms with Crippen LogP contribution in [0.25, 0.3) is 0 Å². The lowest BCUT2D eigenvalue weighted by Crippen LogP contribution is -2.42. The Kier molecular flexibility index (Phi) is 5.38. The Morgan fingerprint density at radius 2 is 2.28 bits per heavy atom. The van der Waals surface area contributed by atoms with Crippen LogP contribution in [0.5, 0.6) is 0 Å². The van der Waals surface area contributed by atoms with E-state index < -0.39 is 18.1 Å². The molecule has 0 aliphatic rings. The van der Waals surface area contributed by atoms with Gasteiger partial charge in [-0.1, -0.05) is 6.92 Å². The number of aliphatic hydroxyl groups excluding tert-OH is 1. The molecule has 2 N–H and O–H groups in total. The SMILES string of the molecule is CCOC(=O)C(NC=O)C(O)c1ccc(CC)o1. The average molecular weight is 255 g/mol. The van der Waals surface area contributed by atoms with E-state index in [0.717, 1.165) is 0 Å². The Balaban J connectivity index is 2.83. The van der Waals surface area contributed by atoms with Gasteiger partial charge in [0.15, 0.2) is 6.04 Å². The number of ether oxygens (including phenoxy) is 1. The number of hydrogen-bond acceptors (Lipinski definition) is 5. The molecule has 0 saturated heterocycles. The van der Waals surface area contributed by atoms with Crippen molar-refractivity contribution in [3.8, 4) is 0 Å². The van der Waals surface area contributed by atoms with E-state index in [2.05, 4.69) is 5.32 Å². The van der Waals surface area contributed by atoms with Crippen LogP contribution in [0.2, 0.25) is 0 Å². The van der Waals surface area contributed by atoms with Gasteiger partial charge in [0.25, 0.3) is 0 Å². The second-order valence-corrected chi connectivity index (χ2v) is 3.62. The summed E-state index contributed by atoms with van der Waals surface area (Å²) in [6.45, 7) is 3.72. The molecule has 0 radical (unpaired) electrons. The number of esters is 1. The normalized spacial score (nSPS) is 13.7. The van der Waals surface area contributed by atoms with Gasteiger partial charge >= 0.3 is 5.97 Å². The van der Waals surface area contributed by atoms with Crippen LogP contribution in [-0.4, -0.2) is 30.1 Å². The summed E-state index contributed by atoms with van der Waals surface area (Å²) < 4.78 is 10.1. The van der Waals surface area contributed by atoms with Gasteiger partial charge in [0.1, 0.15) is 17.6 Å². The van der Waals surface area contributed by atoms with Crippen molar-refractivity contribution in [3.63, 3.8) is 0 Å². The molecule has 6 nitrogen and oxygen atoms in total. The fraction of sp³-hybridized carbons (Fsp3) is 0.500. The predicted octanol–water partition coefficient (Wildman–Crippen LogP) is 0.553. The number of aliphatic hydroxyl groups is 1. The first kappa shape index (κ1) is 14.2. The summed E-state index contributed by atoms with van der Waals surface area (Å²) in [5.41, 5.74) is 0. The summed E-state index contributed by atoms with van der Waals surface area (Å²) in [5, 5.41) is 12.2. The maximum absolute atomic E-state index is 11.6. The van der Waals surface area contributed by atoms with Gasteiger partial charge in [0, 0.05) is 6.42 Å². The lowest BCUT2D eigenvalue weighted by Gasteiger charge is -2.18. The largest absolute Gasteiger partial charge is 0.464 e. The van der Waals surface area contributed by atoms with Crippen molar-refractivity contribution in [2.75, 3.05) is 6.61 Å². The smallest absolute Gasteiger partial charge is 0.331 e. The van der Waals surface area contributed by atoms with Gasteiger partial charge < -0.3 is 19.6 Å². The van der Waals surface area contributed by atoms with Crippen LogP contribution in [0.1, 0.15) is 31.5 Å². The molecule has 1 aromatic heterocycles. The standard InChI is InChI=1S/C12H17NO5/c1-3-8-5-6-9(18-8)11(15)10(13-7-14)12(16)17-4-2/h5-7,10-11,15H,3-4H2,1-2H3,(H,13,14). The van der Waals surface area contributed by atoms with E-state index in [4.69, 9.17) is 9.15 Å². The summed E-state index contributed by atoms with van der Waals surface area (Å²) in [6, 6.07) is 2.11. The molecule has 0 fully saturated rings. The van der Waals surface area contributed by atoms with Gasteiger partial charge in [-0.2, -0.15) is 0 Å². The zero-order valence-corrected chi connectivity index (χ0v) is 10.4. The molecule has 1 heterocycles. The third-order valence-corrected chi connectivity index (χ3v) is 2.43. The van der Waals surface area contributed by atoms with E-state index in [-0.39, 0.29) is 12.4 Å². The fourth-order valence-corrected chi connectivity index (χ4v) is 1.50. The summed E-state index contributed by atoms with van der Waals surface area (Å²) in [7, 11) is 0. The number of furan rings is 1. The van der Waals surface area contributed by atoms with Crippen LogP contribution in [0.4, 0.5) is 0 Å². The monoisotopic (exact) mass is 255 g/mol. The Hall–Kier alpha value is -1.82. The number of carbonyl (C=O) groups excluding carboxylic acids is 2. The first-order valence-electron chi connectivity index (χ1n) is 5.77. The third kappa shape index (κ3) is 3.33. The third-order valence-electron chi connectivity index (χ3n) is 2.43. The van der Waals surface area contributed by atoms with E-state index in [1.807, 2.05) is 6.92 Å². The highest BCUT2D eigenvalue weighted by molar-refractivity contribution is 5.79. The minimum Gasteiger partial charge on any atom is -0.464 e. The van der Waals surface area contributed by atoms with E-state index in [1.54, 1.807) is 19.1 Å². The molecule has 1 rings (SSSR count). The zero-order chi connectivity index (χ0) is 13.5. The average Bonchev–Trinajstić information content (AvgIpc) is 2.84. The zero-order valence-electron chi connectivity index (χ0n) is 10.4. The van der Waals surface area contributed by atoms with Gasteiger partial charge in [-0.3, -0.25) is 4.79 Å². The summed E-state index contributed by atoms with van der Waals surface area (Å²) in [6.07, 6.45) is -0.249. The second kappa shape index (κ2) is 6.80. The van der Waals surface area contributed by atoms with Crippen molar-refractivity contribution < 1.29 is 23.8 Å². The van der Waals surface area contributed by atoms with E-state index in [0.29, 0.717) is 18.6 Å². The molecule has 1 aromatic rings. The van der Waals surface area contributed by atoms with Crippen molar-refractivity contribution in [2.45, 2.75) is 32.4 Å². The predicted molar refractivity (Wildman–Crippen MR) is 62.7 cm³/mol. The maximum atomic E-state index is 11.6. The summed E-state index contributed by atoms with van der Waals surface area (Å²) in [4.78, 5) is 22.0. The van der Waals surface area contributed by atoms with Gasteiger partial charge in [0.05, 0.1) is 6.61 Å². The van der Waals surface area contributed by atoms with Gasteiger partial charge in [0.2, 0.25) is 6.41 Å². The number of carbonyl (C=O) groups is 2. The molecule has 6 heteroatoms. The van der Waals surface area contributed by atoms with Crippen LogP contribution in [-0.2, 0) is 20.7 Å². The number of aryl methyl sites for hydroxylation is 1. The van der Waals surface area contributed by atoms with Crippen LogP contribution < -0.4 is 5.32 Å². The van der Waals surface area contributed by atoms with Crippen molar-refractivity contribution in [2.24, 2.45) is 0 Å². The topological polar surface area (TPSA) is 88.8 Å². The molecule has 0 aliphatic heterocycles. The molecule has 2 unspecified atom stereocenters. The van der Waals surface area contributed by atoms with Crippen LogP contribution >= 0.6 is 0 Å². The molecule has 2 atom stereocenters. The molecular formula is C12H17NO5. The van der Waals surface area contributed by atoms with Crippen molar-refractivity contribution in [1.29, 1.82) is 0 Å². The molecule has 0 bridgehead atoms. The highest BCUT2D eigenvalue weighted by Crippen LogP contribution is 2.20. The van der Waals surface area contributed by atoms with Gasteiger partial charge in [-0.15, -0.1) is 0 Å². The summed E-state index contributed by atoms with van der Waals surface area (Å²) in [5.74, 6) is 0.212. The lowest BCUT2D eigenvalue weighted by atomic mass is 10.1. The quantitative estimate of drug-likeness (QED) is 0.548. The molecule has 0 saturated carbocycles. The maximum Gasteiger partial charge on any atom is 0.331 e. The molecule has 1 amide bonds. The lowest BCUT2D eigenvalue weighted by molar-refractivity contribution is -0.150. The molecule has 18 heavy (non-hydrogen) atoms. The first-order valence-corrected chi connectivity index (χ1v) is 5.77. The molecule has 0 spiro atoms. The van der Waals surface area contributed by atoms with Crippen LogP contribution in [0.15, 0.2) is 16.5 Å². The van der Waals surface area contributed by atoms with Crippen molar-refractivity contribution in [3.05, 3.63) is 23.7 Å². The van der Waals surface area contributed by atoms with Crippen molar-refractivity contribution in [1.82, 2.24) is 5.32 Å². The van der Waals surface area contributed by atoms with Gasteiger partial charge in [-0.05, 0) is 19.1 Å². The van der Waals surface area contributed by atoms with E-state index in [1.165, 1.54) is 0 Å². The van der Waals surface area contributed by atoms with Crippen LogP contribution in [0, 0.1) is 0 Å². The molecule has 100 valence electrons. The van der Waals surface area contributed by atoms with E-state index in [9.17, 15) is 14.7 Å². The Bertz CT molecular complexity index is 401. The van der Waals surface area contributed by atoms with Gasteiger partial charge in [-0.25, -0.2) is 4.79 Å². The van der Waals surface area contributed by atoms with Crippen molar-refractivity contribution >= 4 is 12.4 Å². The summed E-state index contributed by atoms with van der Waals surface area (Å²) >= 11 is 0. The number of nitrogens with one attached hydrogen (secondary N) is 1. The minimum atomic E-state index is -1.27. The molecule has 0 aromatic carbocycles. The second-order valence-electron chi connectivity index (χ2n) is 3.62. The number of amides is 1. The molecule has 0 aliphatic carbocycles. The highest BCUT2D eigenvalue weighted by atomic mass is 16.5. The minimum absolute atomic E-state index is 0.168. The fourth-order valence-electron chi connectivity index (χ4n) is 1.50. The van der Waals surface area contributed by atoms with E-state index >= 15 is 0 Å². The highest BCUT2D eigenvalue weighted by Gasteiger charge is 2.31. The number of hydrogen-bond donors (Lipinski definition) is 2. The van der Waals surface area contributed by atoms with Crippen LogP contribution in [0.3, 0.4) is 0 Å². The Labute approximate surface area is 105 Å². The molecular weight excluding hydrogens is 238 g/mol. The Morgan fingerprint density at radius 3 is 2.78 bits per heavy atom.